The van der Waals surface area contributed by atoms with Crippen LogP contribution in [0.4, 0.5) is 29.2 Å². The van der Waals surface area contributed by atoms with Gasteiger partial charge in [0.2, 0.25) is 5.95 Å². The van der Waals surface area contributed by atoms with Crippen LogP contribution in [-0.4, -0.2) is 25.7 Å². The summed E-state index contributed by atoms with van der Waals surface area (Å²) in [5.74, 6) is -5.26. The molecule has 2 aromatic carbocycles. The van der Waals surface area contributed by atoms with Crippen LogP contribution in [0.15, 0.2) is 54.9 Å². The van der Waals surface area contributed by atoms with Crippen molar-refractivity contribution in [1.29, 1.82) is 0 Å². The van der Waals surface area contributed by atoms with Gasteiger partial charge in [0.05, 0.1) is 11.9 Å². The third-order valence-electron chi connectivity index (χ3n) is 6.42. The molecule has 2 aliphatic rings. The van der Waals surface area contributed by atoms with Gasteiger partial charge in [0.15, 0.2) is 11.6 Å². The number of hydrogen-bond donors (Lipinski definition) is 1. The molecule has 1 fully saturated rings. The maximum Gasteiger partial charge on any atom is 0.270 e. The molecular formula is C24H17F4N5O. The molecule has 10 heteroatoms. The Balaban J connectivity index is 1.43. The van der Waals surface area contributed by atoms with Crippen LogP contribution >= 0.6 is 0 Å². The monoisotopic (exact) mass is 467 g/mol. The van der Waals surface area contributed by atoms with Crippen molar-refractivity contribution >= 4 is 17.5 Å². The molecule has 4 aromatic rings. The van der Waals surface area contributed by atoms with Crippen molar-refractivity contribution in [3.63, 3.8) is 0 Å². The first-order valence-electron chi connectivity index (χ1n) is 10.6. The molecule has 6 nitrogen and oxygen atoms in total. The molecule has 1 N–H and O–H groups in total. The summed E-state index contributed by atoms with van der Waals surface area (Å²) in [6, 6.07) is 9.09. The summed E-state index contributed by atoms with van der Waals surface area (Å²) >= 11 is 0. The minimum absolute atomic E-state index is 0.126. The maximum absolute atomic E-state index is 15.3. The van der Waals surface area contributed by atoms with Crippen LogP contribution in [0.25, 0.3) is 22.5 Å². The Hall–Kier alpha value is -3.95. The molecule has 0 radical (unpaired) electrons. The predicted octanol–water partition coefficient (Wildman–Crippen LogP) is 5.50. The number of nitrogens with one attached hydrogen (secondary N) is 1. The average Bonchev–Trinajstić information content (AvgIpc) is 3.13. The van der Waals surface area contributed by atoms with Crippen LogP contribution in [0.3, 0.4) is 0 Å². The number of rotatable bonds is 4. The molecule has 1 aliphatic heterocycles. The van der Waals surface area contributed by atoms with Crippen LogP contribution < -0.4 is 4.90 Å². The van der Waals surface area contributed by atoms with E-state index in [1.165, 1.54) is 30.5 Å². The number of carbonyl (C=O) groups excluding carboxylic acids is 1. The van der Waals surface area contributed by atoms with E-state index >= 15 is 8.78 Å². The number of aromatic amines is 1. The number of halogens is 4. The van der Waals surface area contributed by atoms with Gasteiger partial charge in [-0.25, -0.2) is 27.4 Å². The van der Waals surface area contributed by atoms with E-state index in [1.54, 1.807) is 16.8 Å². The molecule has 1 spiro atoms. The largest absolute Gasteiger partial charge is 0.293 e. The van der Waals surface area contributed by atoms with Gasteiger partial charge in [0.25, 0.3) is 11.8 Å². The topological polar surface area (TPSA) is 66.8 Å². The second-order valence-corrected chi connectivity index (χ2v) is 8.66. The highest BCUT2D eigenvalue weighted by atomic mass is 19.3. The van der Waals surface area contributed by atoms with Gasteiger partial charge in [-0.15, -0.1) is 0 Å². The van der Waals surface area contributed by atoms with Crippen LogP contribution in [-0.2, 0) is 16.3 Å². The minimum Gasteiger partial charge on any atom is -0.293 e. The zero-order chi connectivity index (χ0) is 23.8. The Morgan fingerprint density at radius 2 is 1.71 bits per heavy atom. The zero-order valence-corrected chi connectivity index (χ0v) is 17.8. The van der Waals surface area contributed by atoms with Gasteiger partial charge in [0.1, 0.15) is 16.9 Å². The van der Waals surface area contributed by atoms with Crippen molar-refractivity contribution in [2.24, 2.45) is 0 Å². The summed E-state index contributed by atoms with van der Waals surface area (Å²) in [5, 5.41) is 6.85. The van der Waals surface area contributed by atoms with Crippen molar-refractivity contribution in [3.8, 4) is 22.5 Å². The van der Waals surface area contributed by atoms with Crippen molar-refractivity contribution in [2.45, 2.75) is 31.2 Å². The number of H-pyrrole nitrogens is 1. The van der Waals surface area contributed by atoms with Gasteiger partial charge < -0.3 is 0 Å². The molecular weight excluding hydrogens is 450 g/mol. The Morgan fingerprint density at radius 1 is 1.03 bits per heavy atom. The number of carbonyl (C=O) groups is 1. The Kier molecular flexibility index (Phi) is 4.12. The number of fused-ring (bicyclic) bond motifs is 2. The Labute approximate surface area is 190 Å². The number of hydrogen-bond acceptors (Lipinski definition) is 3. The molecule has 1 amide bonds. The van der Waals surface area contributed by atoms with E-state index in [0.29, 0.717) is 29.8 Å². The SMILES string of the molecule is CC(F)(F)c1ccc(-c2cc(F)c(N3C(=O)C4(CC4)n4c(-c5cc[nH]n5)cnc43)c(F)c2)cc1. The molecule has 2 aromatic heterocycles. The third-order valence-corrected chi connectivity index (χ3v) is 6.42. The predicted molar refractivity (Wildman–Crippen MR) is 116 cm³/mol. The van der Waals surface area contributed by atoms with Gasteiger partial charge in [-0.3, -0.25) is 14.5 Å². The second-order valence-electron chi connectivity index (χ2n) is 8.66. The Morgan fingerprint density at radius 3 is 2.26 bits per heavy atom. The van der Waals surface area contributed by atoms with Crippen LogP contribution in [0, 0.1) is 11.6 Å². The van der Waals surface area contributed by atoms with E-state index < -0.39 is 34.7 Å². The van der Waals surface area contributed by atoms with Gasteiger partial charge in [-0.1, -0.05) is 24.3 Å². The lowest BCUT2D eigenvalue weighted by molar-refractivity contribution is -0.120. The molecule has 0 bridgehead atoms. The lowest BCUT2D eigenvalue weighted by Gasteiger charge is -2.18. The van der Waals surface area contributed by atoms with Crippen molar-refractivity contribution in [3.05, 3.63) is 72.1 Å². The van der Waals surface area contributed by atoms with Crippen molar-refractivity contribution in [1.82, 2.24) is 19.7 Å². The van der Waals surface area contributed by atoms with Gasteiger partial charge in [-0.05, 0) is 42.2 Å². The first-order chi connectivity index (χ1) is 16.2. The minimum atomic E-state index is -3.02. The molecule has 1 saturated carbocycles. The van der Waals surface area contributed by atoms with E-state index in [1.807, 2.05) is 0 Å². The molecule has 1 aliphatic carbocycles. The number of anilines is 2. The normalized spacial score (nSPS) is 16.4. The highest BCUT2D eigenvalue weighted by molar-refractivity contribution is 6.09. The summed E-state index contributed by atoms with van der Waals surface area (Å²) in [5.41, 5.74) is 0.0234. The fourth-order valence-electron chi connectivity index (χ4n) is 4.56. The van der Waals surface area contributed by atoms with E-state index in [2.05, 4.69) is 15.2 Å². The number of amides is 1. The van der Waals surface area contributed by atoms with Gasteiger partial charge in [-0.2, -0.15) is 5.10 Å². The molecule has 0 unspecified atom stereocenters. The molecule has 172 valence electrons. The van der Waals surface area contributed by atoms with Crippen molar-refractivity contribution in [2.75, 3.05) is 4.90 Å². The zero-order valence-electron chi connectivity index (χ0n) is 17.8. The third kappa shape index (κ3) is 2.84. The lowest BCUT2D eigenvalue weighted by Crippen LogP contribution is -2.31. The van der Waals surface area contributed by atoms with Crippen LogP contribution in [0.1, 0.15) is 25.3 Å². The average molecular weight is 467 g/mol. The smallest absolute Gasteiger partial charge is 0.270 e. The van der Waals surface area contributed by atoms with E-state index in [4.69, 9.17) is 0 Å². The summed E-state index contributed by atoms with van der Waals surface area (Å²) in [7, 11) is 0. The number of aromatic nitrogens is 4. The molecule has 6 rings (SSSR count). The summed E-state index contributed by atoms with van der Waals surface area (Å²) in [6.45, 7) is 0.775. The first-order valence-corrected chi connectivity index (χ1v) is 10.6. The van der Waals surface area contributed by atoms with E-state index in [0.717, 1.165) is 24.0 Å². The highest BCUT2D eigenvalue weighted by Crippen LogP contribution is 2.56. The van der Waals surface area contributed by atoms with Crippen LogP contribution in [0.2, 0.25) is 0 Å². The molecule has 0 saturated heterocycles. The number of nitrogens with zero attached hydrogens (tertiary/aromatic N) is 4. The van der Waals surface area contributed by atoms with Crippen LogP contribution in [0.5, 0.6) is 0 Å². The van der Waals surface area contributed by atoms with Gasteiger partial charge in [0, 0.05) is 18.7 Å². The fourth-order valence-corrected chi connectivity index (χ4v) is 4.56. The number of alkyl halides is 2. The van der Waals surface area contributed by atoms with Gasteiger partial charge >= 0.3 is 0 Å². The van der Waals surface area contributed by atoms with E-state index in [9.17, 15) is 13.6 Å². The maximum atomic E-state index is 15.3. The molecule has 0 atom stereocenters. The quantitative estimate of drug-likeness (QED) is 0.403. The molecule has 3 heterocycles. The lowest BCUT2D eigenvalue weighted by atomic mass is 10.0. The summed E-state index contributed by atoms with van der Waals surface area (Å²) in [4.78, 5) is 18.6. The second kappa shape index (κ2) is 6.78. The number of benzene rings is 2. The molecule has 34 heavy (non-hydrogen) atoms. The summed E-state index contributed by atoms with van der Waals surface area (Å²) < 4.78 is 59.3. The first kappa shape index (κ1) is 20.6. The van der Waals surface area contributed by atoms with E-state index in [-0.39, 0.29) is 17.1 Å². The summed E-state index contributed by atoms with van der Waals surface area (Å²) in [6.07, 6.45) is 4.22. The standard InChI is InChI=1S/C24H17F4N5O/c1-23(27,28)15-4-2-13(3-5-15)14-10-16(25)20(17(26)11-14)32-21(34)24(7-8-24)33-19(12-29-22(32)33)18-6-9-30-31-18/h2-6,9-12H,7-8H2,1H3,(H,30,31). The van der Waals surface area contributed by atoms with Crippen molar-refractivity contribution < 1.29 is 22.4 Å². The Bertz CT molecular complexity index is 1410. The highest BCUT2D eigenvalue weighted by Gasteiger charge is 2.62. The number of imidazole rings is 1. The fraction of sp³-hybridized carbons (Fsp3) is 0.208.